The number of hydrogen-bond donors (Lipinski definition) is 0. The van der Waals surface area contributed by atoms with E-state index in [1.165, 1.54) is 6.20 Å². The maximum atomic E-state index is 11.0. The summed E-state index contributed by atoms with van der Waals surface area (Å²) in [6.07, 6.45) is 2.08. The Hall–Kier alpha value is -0.640. The molecule has 0 unspecified atom stereocenters. The molecule has 0 aromatic carbocycles. The molecule has 1 rings (SSSR count). The fourth-order valence-corrected chi connectivity index (χ4v) is 1.15. The van der Waals surface area contributed by atoms with Gasteiger partial charge in [0.05, 0.1) is 16.8 Å². The summed E-state index contributed by atoms with van der Waals surface area (Å²) in [5, 5.41) is 0. The normalized spacial score (nSPS) is 15.8. The summed E-state index contributed by atoms with van der Waals surface area (Å²) < 4.78 is 5.55. The lowest BCUT2D eigenvalue weighted by molar-refractivity contribution is -0.138. The quantitative estimate of drug-likeness (QED) is 0.660. The van der Waals surface area contributed by atoms with E-state index in [-0.39, 0.29) is 5.97 Å². The molecule has 0 spiro atoms. The van der Waals surface area contributed by atoms with Crippen LogP contribution in [0.2, 0.25) is 0 Å². The van der Waals surface area contributed by atoms with Gasteiger partial charge in [0.25, 0.3) is 0 Å². The first-order chi connectivity index (χ1) is 5.24. The molecule has 1 heterocycles. The number of hydrogen-bond acceptors (Lipinski definition) is 3. The Balaban J connectivity index is 2.47. The highest BCUT2D eigenvalue weighted by Gasteiger charge is 2.15. The topological polar surface area (TPSA) is 38.7 Å². The molecule has 60 valence electrons. The van der Waals surface area contributed by atoms with Crippen LogP contribution in [-0.4, -0.2) is 17.2 Å². The molecule has 11 heavy (non-hydrogen) atoms. The molecule has 0 radical (unpaired) electrons. The number of nitrogens with zero attached hydrogens (tertiary/aromatic N) is 1. The van der Waals surface area contributed by atoms with E-state index in [0.717, 1.165) is 4.62 Å². The van der Waals surface area contributed by atoms with Gasteiger partial charge in [0, 0.05) is 12.6 Å². The lowest BCUT2D eigenvalue weighted by Gasteiger charge is -1.99. The van der Waals surface area contributed by atoms with E-state index in [0.29, 0.717) is 18.6 Å². The number of esters is 1. The Morgan fingerprint density at radius 1 is 1.91 bits per heavy atom. The Kier molecular flexibility index (Phi) is 2.82. The second kappa shape index (κ2) is 3.67. The van der Waals surface area contributed by atoms with Gasteiger partial charge in [-0.3, -0.25) is 4.99 Å². The van der Waals surface area contributed by atoms with Crippen molar-refractivity contribution in [3.05, 3.63) is 11.8 Å². The monoisotopic (exact) mass is 217 g/mol. The zero-order valence-electron chi connectivity index (χ0n) is 6.13. The molecular formula is C7H8BrNO2. The molecule has 0 saturated carbocycles. The van der Waals surface area contributed by atoms with Crippen LogP contribution in [0.1, 0.15) is 13.3 Å². The van der Waals surface area contributed by atoms with Crippen molar-refractivity contribution in [3.63, 3.8) is 0 Å². The minimum atomic E-state index is -0.272. The van der Waals surface area contributed by atoms with Crippen LogP contribution in [-0.2, 0) is 9.53 Å². The van der Waals surface area contributed by atoms with Crippen molar-refractivity contribution >= 4 is 26.5 Å². The Bertz CT molecular complexity index is 233. The third-order valence-electron chi connectivity index (χ3n) is 1.23. The fraction of sp³-hybridized carbons (Fsp3) is 0.429. The molecule has 0 amide bonds. The molecule has 3 nitrogen and oxygen atoms in total. The summed E-state index contributed by atoms with van der Waals surface area (Å²) in [4.78, 5) is 14.9. The summed E-state index contributed by atoms with van der Waals surface area (Å²) in [7, 11) is 0. The van der Waals surface area contributed by atoms with Gasteiger partial charge < -0.3 is 4.74 Å². The maximum Gasteiger partial charge on any atom is 0.335 e. The lowest BCUT2D eigenvalue weighted by Crippen LogP contribution is -2.06. The molecule has 0 aromatic heterocycles. The van der Waals surface area contributed by atoms with Crippen LogP contribution in [0.15, 0.2) is 16.8 Å². The SMILES string of the molecule is CCOC(=O)C1=CN=C(Br)C1. The second-order valence-corrected chi connectivity index (χ2v) is 2.97. The predicted octanol–water partition coefficient (Wildman–Crippen LogP) is 1.63. The highest BCUT2D eigenvalue weighted by molar-refractivity contribution is 9.18. The van der Waals surface area contributed by atoms with E-state index in [1.807, 2.05) is 0 Å². The Morgan fingerprint density at radius 2 is 2.64 bits per heavy atom. The predicted molar refractivity (Wildman–Crippen MR) is 45.7 cm³/mol. The standard InChI is InChI=1S/C7H8BrNO2/c1-2-11-7(10)5-3-6(8)9-4-5/h4H,2-3H2,1H3. The van der Waals surface area contributed by atoms with Crippen molar-refractivity contribution in [3.8, 4) is 0 Å². The van der Waals surface area contributed by atoms with Gasteiger partial charge in [0.1, 0.15) is 0 Å². The van der Waals surface area contributed by atoms with E-state index >= 15 is 0 Å². The molecular weight excluding hydrogens is 210 g/mol. The first-order valence-electron chi connectivity index (χ1n) is 3.32. The number of aliphatic imine (C=N–C) groups is 1. The molecule has 1 aliphatic heterocycles. The van der Waals surface area contributed by atoms with Gasteiger partial charge in [-0.25, -0.2) is 4.79 Å². The van der Waals surface area contributed by atoms with Crippen molar-refractivity contribution in [1.29, 1.82) is 0 Å². The van der Waals surface area contributed by atoms with Gasteiger partial charge in [-0.15, -0.1) is 0 Å². The van der Waals surface area contributed by atoms with Crippen molar-refractivity contribution in [2.45, 2.75) is 13.3 Å². The molecule has 0 saturated heterocycles. The van der Waals surface area contributed by atoms with Crippen LogP contribution in [0.4, 0.5) is 0 Å². The smallest absolute Gasteiger partial charge is 0.335 e. The van der Waals surface area contributed by atoms with Crippen molar-refractivity contribution in [2.24, 2.45) is 4.99 Å². The highest BCUT2D eigenvalue weighted by atomic mass is 79.9. The summed E-state index contributed by atoms with van der Waals surface area (Å²) in [6.45, 7) is 2.19. The molecule has 0 atom stereocenters. The molecule has 4 heteroatoms. The van der Waals surface area contributed by atoms with Gasteiger partial charge in [-0.05, 0) is 22.9 Å². The van der Waals surface area contributed by atoms with Crippen molar-refractivity contribution in [2.75, 3.05) is 6.61 Å². The zero-order chi connectivity index (χ0) is 8.27. The van der Waals surface area contributed by atoms with E-state index < -0.39 is 0 Å². The molecule has 0 aromatic rings. The van der Waals surface area contributed by atoms with E-state index in [9.17, 15) is 4.79 Å². The Morgan fingerprint density at radius 3 is 3.09 bits per heavy atom. The minimum absolute atomic E-state index is 0.272. The average molecular weight is 218 g/mol. The van der Waals surface area contributed by atoms with Gasteiger partial charge in [0.15, 0.2) is 0 Å². The number of carbonyl (C=O) groups is 1. The number of rotatable bonds is 2. The van der Waals surface area contributed by atoms with Crippen molar-refractivity contribution in [1.82, 2.24) is 0 Å². The van der Waals surface area contributed by atoms with Crippen LogP contribution in [0.5, 0.6) is 0 Å². The van der Waals surface area contributed by atoms with E-state index in [1.54, 1.807) is 6.92 Å². The third-order valence-corrected chi connectivity index (χ3v) is 1.72. The second-order valence-electron chi connectivity index (χ2n) is 2.06. The van der Waals surface area contributed by atoms with Crippen molar-refractivity contribution < 1.29 is 9.53 Å². The molecule has 0 fully saturated rings. The van der Waals surface area contributed by atoms with E-state index in [2.05, 4.69) is 20.9 Å². The summed E-state index contributed by atoms with van der Waals surface area (Å²) in [6, 6.07) is 0. The van der Waals surface area contributed by atoms with Crippen LogP contribution in [0.25, 0.3) is 0 Å². The zero-order valence-corrected chi connectivity index (χ0v) is 7.72. The van der Waals surface area contributed by atoms with Gasteiger partial charge in [0.2, 0.25) is 0 Å². The van der Waals surface area contributed by atoms with Crippen LogP contribution < -0.4 is 0 Å². The fourth-order valence-electron chi connectivity index (χ4n) is 0.745. The van der Waals surface area contributed by atoms with Crippen LogP contribution >= 0.6 is 15.9 Å². The first kappa shape index (κ1) is 8.46. The average Bonchev–Trinajstić information content (AvgIpc) is 2.36. The van der Waals surface area contributed by atoms with E-state index in [4.69, 9.17) is 4.74 Å². The van der Waals surface area contributed by atoms with Crippen LogP contribution in [0.3, 0.4) is 0 Å². The number of halogens is 1. The Labute approximate surface area is 73.3 Å². The molecule has 1 aliphatic rings. The largest absolute Gasteiger partial charge is 0.463 e. The molecule has 0 N–H and O–H groups in total. The third kappa shape index (κ3) is 2.15. The van der Waals surface area contributed by atoms with Crippen LogP contribution in [0, 0.1) is 0 Å². The highest BCUT2D eigenvalue weighted by Crippen LogP contribution is 2.16. The number of carbonyl (C=O) groups excluding carboxylic acids is 1. The lowest BCUT2D eigenvalue weighted by atomic mass is 10.2. The summed E-state index contributed by atoms with van der Waals surface area (Å²) in [5.74, 6) is -0.272. The minimum Gasteiger partial charge on any atom is -0.463 e. The first-order valence-corrected chi connectivity index (χ1v) is 4.11. The molecule has 0 aliphatic carbocycles. The van der Waals surface area contributed by atoms with Gasteiger partial charge in [-0.2, -0.15) is 0 Å². The maximum absolute atomic E-state index is 11.0. The van der Waals surface area contributed by atoms with Gasteiger partial charge in [-0.1, -0.05) is 0 Å². The molecule has 0 bridgehead atoms. The van der Waals surface area contributed by atoms with Gasteiger partial charge >= 0.3 is 5.97 Å². The summed E-state index contributed by atoms with van der Waals surface area (Å²) >= 11 is 3.19. The summed E-state index contributed by atoms with van der Waals surface area (Å²) in [5.41, 5.74) is 0.610. The number of ether oxygens (including phenoxy) is 1.